The summed E-state index contributed by atoms with van der Waals surface area (Å²) in [6.07, 6.45) is -0.760. The molecule has 0 bridgehead atoms. The Morgan fingerprint density at radius 3 is 2.43 bits per heavy atom. The van der Waals surface area contributed by atoms with Crippen LogP contribution in [0.4, 0.5) is 18.9 Å². The molecule has 0 spiro atoms. The molecule has 110 valence electrons. The number of alkyl halides is 3. The molecule has 2 rings (SSSR count). The van der Waals surface area contributed by atoms with E-state index in [1.165, 1.54) is 12.3 Å². The molecule has 1 N–H and O–H groups in total. The molecule has 0 radical (unpaired) electrons. The Kier molecular flexibility index (Phi) is 4.75. The fourth-order valence-electron chi connectivity index (χ4n) is 1.51. The van der Waals surface area contributed by atoms with Crippen molar-refractivity contribution >= 4 is 35.0 Å². The lowest BCUT2D eigenvalue weighted by Crippen LogP contribution is -2.05. The predicted molar refractivity (Wildman–Crippen MR) is 78.4 cm³/mol. The average Bonchev–Trinajstić information content (AvgIpc) is 2.41. The van der Waals surface area contributed by atoms with Crippen molar-refractivity contribution in [1.29, 1.82) is 0 Å². The van der Waals surface area contributed by atoms with Gasteiger partial charge in [-0.05, 0) is 24.3 Å². The van der Waals surface area contributed by atoms with Gasteiger partial charge in [0, 0.05) is 12.4 Å². The van der Waals surface area contributed by atoms with Crippen molar-refractivity contribution in [3.8, 4) is 0 Å². The number of halogens is 5. The van der Waals surface area contributed by atoms with E-state index in [-0.39, 0.29) is 10.7 Å². The van der Waals surface area contributed by atoms with Crippen molar-refractivity contribution in [3.63, 3.8) is 0 Å². The van der Waals surface area contributed by atoms with Gasteiger partial charge in [-0.15, -0.1) is 0 Å². The third kappa shape index (κ3) is 4.12. The van der Waals surface area contributed by atoms with Crippen LogP contribution in [0, 0.1) is 0 Å². The minimum absolute atomic E-state index is 0.0815. The molecular formula is C14H9Cl2F3N2. The molecule has 0 aliphatic carbocycles. The number of nitrogens with zero attached hydrogens (tertiary/aromatic N) is 1. The lowest BCUT2D eigenvalue weighted by molar-refractivity contribution is -0.137. The Balaban J connectivity index is 2.13. The molecule has 7 heteroatoms. The number of rotatable bonds is 3. The van der Waals surface area contributed by atoms with Crippen LogP contribution in [-0.2, 0) is 6.18 Å². The van der Waals surface area contributed by atoms with Gasteiger partial charge >= 0.3 is 6.18 Å². The third-order valence-electron chi connectivity index (χ3n) is 2.55. The molecule has 1 aromatic heterocycles. The van der Waals surface area contributed by atoms with Gasteiger partial charge in [-0.3, -0.25) is 4.98 Å². The molecule has 0 atom stereocenters. The average molecular weight is 333 g/mol. The number of para-hydroxylation sites is 1. The zero-order valence-electron chi connectivity index (χ0n) is 10.5. The van der Waals surface area contributed by atoms with Crippen LogP contribution in [0.1, 0.15) is 11.3 Å². The number of aromatic nitrogens is 1. The van der Waals surface area contributed by atoms with Crippen molar-refractivity contribution in [3.05, 3.63) is 64.0 Å². The van der Waals surface area contributed by atoms with Gasteiger partial charge in [-0.1, -0.05) is 35.3 Å². The molecule has 1 aromatic carbocycles. The highest BCUT2D eigenvalue weighted by molar-refractivity contribution is 6.33. The molecule has 0 unspecified atom stereocenters. The van der Waals surface area contributed by atoms with Crippen molar-refractivity contribution in [2.45, 2.75) is 6.18 Å². The molecule has 21 heavy (non-hydrogen) atoms. The smallest absolute Gasteiger partial charge is 0.360 e. The van der Waals surface area contributed by atoms with Crippen LogP contribution >= 0.6 is 23.2 Å². The molecule has 1 heterocycles. The Labute approximate surface area is 129 Å². The summed E-state index contributed by atoms with van der Waals surface area (Å²) >= 11 is 11.7. The van der Waals surface area contributed by atoms with Gasteiger partial charge in [-0.2, -0.15) is 13.2 Å². The lowest BCUT2D eigenvalue weighted by atomic mass is 10.2. The standard InChI is InChI=1S/C14H9Cl2F3N2/c15-10-3-1-2-4-12(10)20-6-5-13-11(16)7-9(8-21-13)14(17,18)19/h1-8,20H/b6-5+. The minimum Gasteiger partial charge on any atom is -0.360 e. The summed E-state index contributed by atoms with van der Waals surface area (Å²) in [7, 11) is 0. The Hall–Kier alpha value is -1.72. The first-order valence-electron chi connectivity index (χ1n) is 5.78. The van der Waals surface area contributed by atoms with Gasteiger partial charge in [0.25, 0.3) is 0 Å². The molecule has 0 amide bonds. The maximum atomic E-state index is 12.5. The van der Waals surface area contributed by atoms with Crippen LogP contribution in [0.5, 0.6) is 0 Å². The Bertz CT molecular complexity index is 670. The Morgan fingerprint density at radius 2 is 1.81 bits per heavy atom. The largest absolute Gasteiger partial charge is 0.417 e. The molecule has 0 saturated heterocycles. The van der Waals surface area contributed by atoms with Crippen LogP contribution in [0.15, 0.2) is 42.7 Å². The van der Waals surface area contributed by atoms with Gasteiger partial charge in [0.2, 0.25) is 0 Å². The summed E-state index contributed by atoms with van der Waals surface area (Å²) in [5.41, 5.74) is 0.00591. The van der Waals surface area contributed by atoms with E-state index in [4.69, 9.17) is 23.2 Å². The monoisotopic (exact) mass is 332 g/mol. The molecule has 2 nitrogen and oxygen atoms in total. The first-order chi connectivity index (χ1) is 9.88. The van der Waals surface area contributed by atoms with E-state index >= 15 is 0 Å². The maximum Gasteiger partial charge on any atom is 0.417 e. The third-order valence-corrected chi connectivity index (χ3v) is 3.18. The zero-order valence-corrected chi connectivity index (χ0v) is 12.0. The van der Waals surface area contributed by atoms with Crippen molar-refractivity contribution in [2.24, 2.45) is 0 Å². The van der Waals surface area contributed by atoms with E-state index in [9.17, 15) is 13.2 Å². The fourth-order valence-corrected chi connectivity index (χ4v) is 1.93. The zero-order chi connectivity index (χ0) is 15.5. The first kappa shape index (κ1) is 15.7. The van der Waals surface area contributed by atoms with Crippen LogP contribution in [0.3, 0.4) is 0 Å². The quantitative estimate of drug-likeness (QED) is 0.803. The molecular weight excluding hydrogens is 324 g/mol. The van der Waals surface area contributed by atoms with Crippen LogP contribution in [0.2, 0.25) is 10.0 Å². The first-order valence-corrected chi connectivity index (χ1v) is 6.54. The maximum absolute atomic E-state index is 12.5. The summed E-state index contributed by atoms with van der Waals surface area (Å²) < 4.78 is 37.4. The minimum atomic E-state index is -4.46. The summed E-state index contributed by atoms with van der Waals surface area (Å²) in [5, 5.41) is 3.34. The number of hydrogen-bond donors (Lipinski definition) is 1. The van der Waals surface area contributed by atoms with E-state index in [0.29, 0.717) is 10.7 Å². The van der Waals surface area contributed by atoms with Crippen molar-refractivity contribution < 1.29 is 13.2 Å². The second-order valence-electron chi connectivity index (χ2n) is 4.05. The summed E-state index contributed by atoms with van der Waals surface area (Å²) in [6, 6.07) is 7.89. The summed E-state index contributed by atoms with van der Waals surface area (Å²) in [5.74, 6) is 0. The SMILES string of the molecule is FC(F)(F)c1cnc(/C=C/Nc2ccccc2Cl)c(Cl)c1. The summed E-state index contributed by atoms with van der Waals surface area (Å²) in [6.45, 7) is 0. The molecule has 0 saturated carbocycles. The second kappa shape index (κ2) is 6.37. The number of pyridine rings is 1. The highest BCUT2D eigenvalue weighted by Crippen LogP contribution is 2.31. The van der Waals surface area contributed by atoms with Gasteiger partial charge in [0.15, 0.2) is 0 Å². The van der Waals surface area contributed by atoms with E-state index in [1.54, 1.807) is 24.3 Å². The van der Waals surface area contributed by atoms with E-state index in [1.807, 2.05) is 0 Å². The number of hydrogen-bond acceptors (Lipinski definition) is 2. The lowest BCUT2D eigenvalue weighted by Gasteiger charge is -2.07. The van der Waals surface area contributed by atoms with E-state index in [0.717, 1.165) is 12.3 Å². The van der Waals surface area contributed by atoms with E-state index < -0.39 is 11.7 Å². The topological polar surface area (TPSA) is 24.9 Å². The number of benzene rings is 1. The summed E-state index contributed by atoms with van der Waals surface area (Å²) in [4.78, 5) is 3.69. The van der Waals surface area contributed by atoms with Gasteiger partial charge in [0.05, 0.1) is 27.0 Å². The number of anilines is 1. The van der Waals surface area contributed by atoms with Gasteiger partial charge in [0.1, 0.15) is 0 Å². The van der Waals surface area contributed by atoms with Gasteiger partial charge < -0.3 is 5.32 Å². The normalized spacial score (nSPS) is 11.9. The van der Waals surface area contributed by atoms with E-state index in [2.05, 4.69) is 10.3 Å². The molecule has 0 fully saturated rings. The molecule has 0 aliphatic heterocycles. The van der Waals surface area contributed by atoms with Crippen LogP contribution < -0.4 is 5.32 Å². The molecule has 2 aromatic rings. The number of nitrogens with one attached hydrogen (secondary N) is 1. The van der Waals surface area contributed by atoms with Gasteiger partial charge in [-0.25, -0.2) is 0 Å². The Morgan fingerprint density at radius 1 is 1.10 bits per heavy atom. The highest BCUT2D eigenvalue weighted by Gasteiger charge is 2.31. The van der Waals surface area contributed by atoms with Crippen LogP contribution in [0.25, 0.3) is 6.08 Å². The predicted octanol–water partition coefficient (Wildman–Crippen LogP) is 5.49. The highest BCUT2D eigenvalue weighted by atomic mass is 35.5. The second-order valence-corrected chi connectivity index (χ2v) is 4.86. The molecule has 0 aliphatic rings. The van der Waals surface area contributed by atoms with Crippen molar-refractivity contribution in [2.75, 3.05) is 5.32 Å². The van der Waals surface area contributed by atoms with Crippen LogP contribution in [-0.4, -0.2) is 4.98 Å². The van der Waals surface area contributed by atoms with Crippen molar-refractivity contribution in [1.82, 2.24) is 4.98 Å². The fraction of sp³-hybridized carbons (Fsp3) is 0.0714.